The predicted octanol–water partition coefficient (Wildman–Crippen LogP) is 5.45. The van der Waals surface area contributed by atoms with E-state index in [0.717, 1.165) is 19.5 Å². The van der Waals surface area contributed by atoms with Crippen molar-refractivity contribution in [1.82, 2.24) is 0 Å². The number of para-hydroxylation sites is 1. The van der Waals surface area contributed by atoms with Gasteiger partial charge in [-0.05, 0) is 30.5 Å². The van der Waals surface area contributed by atoms with Crippen LogP contribution in [0.4, 0.5) is 5.69 Å². The van der Waals surface area contributed by atoms with E-state index in [4.69, 9.17) is 4.99 Å². The SMILES string of the molecule is c1ccc(CN(/C2=N\CCCCCCC2)c2ccccc2)cc1. The highest BCUT2D eigenvalue weighted by Gasteiger charge is 2.14. The Labute approximate surface area is 139 Å². The summed E-state index contributed by atoms with van der Waals surface area (Å²) < 4.78 is 0. The lowest BCUT2D eigenvalue weighted by Gasteiger charge is -2.27. The summed E-state index contributed by atoms with van der Waals surface area (Å²) in [5, 5.41) is 0. The van der Waals surface area contributed by atoms with Crippen molar-refractivity contribution in [3.05, 3.63) is 66.2 Å². The van der Waals surface area contributed by atoms with Crippen molar-refractivity contribution in [2.45, 2.75) is 45.1 Å². The molecule has 0 radical (unpaired) electrons. The summed E-state index contributed by atoms with van der Waals surface area (Å²) in [5.41, 5.74) is 2.58. The maximum atomic E-state index is 4.96. The van der Waals surface area contributed by atoms with Crippen LogP contribution in [0.1, 0.15) is 44.1 Å². The summed E-state index contributed by atoms with van der Waals surface area (Å²) in [4.78, 5) is 7.36. The topological polar surface area (TPSA) is 15.6 Å². The van der Waals surface area contributed by atoms with Gasteiger partial charge < -0.3 is 4.90 Å². The van der Waals surface area contributed by atoms with Crippen LogP contribution in [0, 0.1) is 0 Å². The highest BCUT2D eigenvalue weighted by Crippen LogP contribution is 2.21. The van der Waals surface area contributed by atoms with E-state index in [9.17, 15) is 0 Å². The first kappa shape index (κ1) is 15.8. The average molecular weight is 306 g/mol. The Hall–Kier alpha value is -2.09. The smallest absolute Gasteiger partial charge is 0.104 e. The normalized spacial score (nSPS) is 18.2. The molecule has 0 atom stereocenters. The highest BCUT2D eigenvalue weighted by atomic mass is 15.2. The van der Waals surface area contributed by atoms with E-state index < -0.39 is 0 Å². The molecule has 2 heteroatoms. The van der Waals surface area contributed by atoms with E-state index in [1.54, 1.807) is 0 Å². The molecule has 120 valence electrons. The molecule has 0 spiro atoms. The van der Waals surface area contributed by atoms with Gasteiger partial charge in [0.05, 0.1) is 0 Å². The van der Waals surface area contributed by atoms with E-state index in [0.29, 0.717) is 0 Å². The van der Waals surface area contributed by atoms with Gasteiger partial charge in [-0.2, -0.15) is 0 Å². The van der Waals surface area contributed by atoms with E-state index in [-0.39, 0.29) is 0 Å². The minimum absolute atomic E-state index is 0.893. The molecular weight excluding hydrogens is 280 g/mol. The van der Waals surface area contributed by atoms with Gasteiger partial charge in [0, 0.05) is 25.2 Å². The van der Waals surface area contributed by atoms with Crippen LogP contribution in [0.25, 0.3) is 0 Å². The molecule has 0 saturated heterocycles. The minimum Gasteiger partial charge on any atom is -0.326 e. The Morgan fingerprint density at radius 3 is 2.17 bits per heavy atom. The predicted molar refractivity (Wildman–Crippen MR) is 99.1 cm³/mol. The molecule has 2 nitrogen and oxygen atoms in total. The van der Waals surface area contributed by atoms with Crippen molar-refractivity contribution >= 4 is 11.5 Å². The fraction of sp³-hybridized carbons (Fsp3) is 0.381. The molecule has 2 aromatic carbocycles. The molecule has 0 aliphatic carbocycles. The second-order valence-corrected chi connectivity index (χ2v) is 6.22. The number of nitrogens with zero attached hydrogens (tertiary/aromatic N) is 2. The van der Waals surface area contributed by atoms with Gasteiger partial charge in [-0.3, -0.25) is 4.99 Å². The summed E-state index contributed by atoms with van der Waals surface area (Å²) in [7, 11) is 0. The van der Waals surface area contributed by atoms with Gasteiger partial charge >= 0.3 is 0 Å². The summed E-state index contributed by atoms with van der Waals surface area (Å²) in [6, 6.07) is 21.4. The van der Waals surface area contributed by atoms with E-state index in [1.807, 2.05) is 0 Å². The highest BCUT2D eigenvalue weighted by molar-refractivity contribution is 5.97. The minimum atomic E-state index is 0.893. The van der Waals surface area contributed by atoms with Crippen LogP contribution in [-0.4, -0.2) is 12.4 Å². The molecule has 0 bridgehead atoms. The number of benzene rings is 2. The third kappa shape index (κ3) is 4.69. The molecule has 1 heterocycles. The number of hydrogen-bond donors (Lipinski definition) is 0. The molecule has 0 N–H and O–H groups in total. The van der Waals surface area contributed by atoms with Crippen molar-refractivity contribution in [3.8, 4) is 0 Å². The number of hydrogen-bond acceptors (Lipinski definition) is 2. The Balaban J connectivity index is 1.87. The third-order valence-electron chi connectivity index (χ3n) is 4.42. The molecular formula is C21H26N2. The zero-order valence-electron chi connectivity index (χ0n) is 13.8. The van der Waals surface area contributed by atoms with Crippen LogP contribution in [0.3, 0.4) is 0 Å². The fourth-order valence-corrected chi connectivity index (χ4v) is 3.14. The van der Waals surface area contributed by atoms with Crippen molar-refractivity contribution in [2.24, 2.45) is 4.99 Å². The van der Waals surface area contributed by atoms with Crippen molar-refractivity contribution in [1.29, 1.82) is 0 Å². The maximum absolute atomic E-state index is 4.96. The molecule has 0 fully saturated rings. The maximum Gasteiger partial charge on any atom is 0.104 e. The zero-order valence-corrected chi connectivity index (χ0v) is 13.8. The van der Waals surface area contributed by atoms with Crippen molar-refractivity contribution in [3.63, 3.8) is 0 Å². The molecule has 0 saturated carbocycles. The summed E-state index contributed by atoms with van der Waals surface area (Å²) in [6.07, 6.45) is 7.55. The van der Waals surface area contributed by atoms with Crippen LogP contribution in [-0.2, 0) is 6.54 Å². The second-order valence-electron chi connectivity index (χ2n) is 6.22. The van der Waals surface area contributed by atoms with Gasteiger partial charge in [0.2, 0.25) is 0 Å². The Kier molecular flexibility index (Phi) is 5.85. The lowest BCUT2D eigenvalue weighted by Crippen LogP contribution is -2.30. The van der Waals surface area contributed by atoms with E-state index in [1.165, 1.54) is 49.2 Å². The van der Waals surface area contributed by atoms with Crippen molar-refractivity contribution < 1.29 is 0 Å². The lowest BCUT2D eigenvalue weighted by molar-refractivity contribution is 0.638. The molecule has 0 aromatic heterocycles. The third-order valence-corrected chi connectivity index (χ3v) is 4.42. The second kappa shape index (κ2) is 8.52. The Morgan fingerprint density at radius 2 is 1.39 bits per heavy atom. The van der Waals surface area contributed by atoms with Gasteiger partial charge in [-0.25, -0.2) is 0 Å². The molecule has 0 amide bonds. The van der Waals surface area contributed by atoms with Gasteiger partial charge in [-0.15, -0.1) is 0 Å². The molecule has 1 aliphatic rings. The van der Waals surface area contributed by atoms with Gasteiger partial charge in [0.15, 0.2) is 0 Å². The van der Waals surface area contributed by atoms with Crippen LogP contribution in [0.15, 0.2) is 65.7 Å². The lowest BCUT2D eigenvalue weighted by atomic mass is 10.1. The van der Waals surface area contributed by atoms with Crippen LogP contribution in [0.5, 0.6) is 0 Å². The summed E-state index contributed by atoms with van der Waals surface area (Å²) in [5.74, 6) is 1.25. The Morgan fingerprint density at radius 1 is 0.739 bits per heavy atom. The summed E-state index contributed by atoms with van der Waals surface area (Å²) in [6.45, 7) is 1.86. The zero-order chi connectivity index (χ0) is 15.7. The van der Waals surface area contributed by atoms with Crippen molar-refractivity contribution in [2.75, 3.05) is 11.4 Å². The number of amidine groups is 1. The first-order chi connectivity index (χ1) is 11.4. The standard InChI is InChI=1S/C21H26N2/c1-2-10-16-21(22-17-11-3-1)23(20-14-8-5-9-15-20)18-19-12-6-4-7-13-19/h4-9,12-15H,1-3,10-11,16-18H2/b22-21-. The average Bonchev–Trinajstić information content (AvgIpc) is 2.75. The first-order valence-electron chi connectivity index (χ1n) is 8.83. The Bertz CT molecular complexity index is 604. The number of rotatable bonds is 3. The molecule has 3 rings (SSSR count). The summed E-state index contributed by atoms with van der Waals surface area (Å²) >= 11 is 0. The van der Waals surface area contributed by atoms with E-state index in [2.05, 4.69) is 65.6 Å². The van der Waals surface area contributed by atoms with Gasteiger partial charge in [-0.1, -0.05) is 67.8 Å². The number of anilines is 1. The molecule has 2 aromatic rings. The molecule has 1 aliphatic heterocycles. The molecule has 23 heavy (non-hydrogen) atoms. The monoisotopic (exact) mass is 306 g/mol. The largest absolute Gasteiger partial charge is 0.326 e. The van der Waals surface area contributed by atoms with Crippen LogP contribution < -0.4 is 4.90 Å². The number of aliphatic imine (C=N–C) groups is 1. The van der Waals surface area contributed by atoms with Gasteiger partial charge in [0.1, 0.15) is 5.84 Å². The molecule has 0 unspecified atom stereocenters. The first-order valence-corrected chi connectivity index (χ1v) is 8.83. The van der Waals surface area contributed by atoms with Crippen LogP contribution in [0.2, 0.25) is 0 Å². The van der Waals surface area contributed by atoms with E-state index >= 15 is 0 Å². The fourth-order valence-electron chi connectivity index (χ4n) is 3.14. The van der Waals surface area contributed by atoms with Gasteiger partial charge in [0.25, 0.3) is 0 Å². The van der Waals surface area contributed by atoms with Crippen LogP contribution >= 0.6 is 0 Å². The quantitative estimate of drug-likeness (QED) is 0.736.